The molecule has 2 saturated carbocycles. The molecule has 0 saturated heterocycles. The molecule has 5 rings (SSSR count). The summed E-state index contributed by atoms with van der Waals surface area (Å²) in [6, 6.07) is 4.30. The Hall–Kier alpha value is -2.97. The van der Waals surface area contributed by atoms with Crippen LogP contribution in [0.4, 0.5) is 14.6 Å². The van der Waals surface area contributed by atoms with Crippen LogP contribution in [0.25, 0.3) is 17.1 Å². The fourth-order valence-electron chi connectivity index (χ4n) is 4.96. The van der Waals surface area contributed by atoms with Gasteiger partial charge < -0.3 is 14.6 Å². The Kier molecular flexibility index (Phi) is 4.76. The topological polar surface area (TPSA) is 80.0 Å². The molecule has 1 aromatic carbocycles. The highest BCUT2D eigenvalue weighted by Crippen LogP contribution is 2.66. The van der Waals surface area contributed by atoms with Crippen LogP contribution in [0.15, 0.2) is 43.1 Å². The van der Waals surface area contributed by atoms with Crippen LogP contribution in [0.3, 0.4) is 0 Å². The van der Waals surface area contributed by atoms with Crippen LogP contribution < -0.4 is 4.90 Å². The van der Waals surface area contributed by atoms with Crippen LogP contribution >= 0.6 is 0 Å². The van der Waals surface area contributed by atoms with Gasteiger partial charge in [-0.2, -0.15) is 0 Å². The van der Waals surface area contributed by atoms with E-state index < -0.39 is 29.0 Å². The molecule has 0 spiro atoms. The van der Waals surface area contributed by atoms with Crippen molar-refractivity contribution in [2.45, 2.75) is 48.3 Å². The zero-order valence-corrected chi connectivity index (χ0v) is 17.4. The van der Waals surface area contributed by atoms with Crippen molar-refractivity contribution in [2.75, 3.05) is 11.9 Å². The number of aromatic nitrogens is 5. The lowest BCUT2D eigenvalue weighted by atomic mass is 9.51. The van der Waals surface area contributed by atoms with Crippen LogP contribution in [0, 0.1) is 0 Å². The predicted octanol–water partition coefficient (Wildman–Crippen LogP) is 2.76. The molecule has 2 aliphatic rings. The highest BCUT2D eigenvalue weighted by atomic mass is 19.1. The average Bonchev–Trinajstić information content (AvgIpc) is 3.37. The summed E-state index contributed by atoms with van der Waals surface area (Å²) in [5.74, 6) is 0.502. The van der Waals surface area contributed by atoms with Gasteiger partial charge in [-0.05, 0) is 35.6 Å². The van der Waals surface area contributed by atoms with Gasteiger partial charge >= 0.3 is 0 Å². The minimum atomic E-state index is -1.47. The van der Waals surface area contributed by atoms with E-state index in [0.29, 0.717) is 11.4 Å². The number of anilines is 1. The van der Waals surface area contributed by atoms with E-state index in [-0.39, 0.29) is 30.8 Å². The van der Waals surface area contributed by atoms with E-state index in [1.165, 1.54) is 6.20 Å². The van der Waals surface area contributed by atoms with Crippen molar-refractivity contribution in [3.05, 3.63) is 43.1 Å². The van der Waals surface area contributed by atoms with Gasteiger partial charge in [0.05, 0.1) is 51.7 Å². The van der Waals surface area contributed by atoms with Gasteiger partial charge in [0.25, 0.3) is 0 Å². The van der Waals surface area contributed by atoms with Crippen molar-refractivity contribution in [2.24, 2.45) is 0 Å². The highest BCUT2D eigenvalue weighted by Gasteiger charge is 2.60. The minimum Gasteiger partial charge on any atom is -0.507 e. The molecule has 2 fully saturated rings. The third kappa shape index (κ3) is 3.25. The Balaban J connectivity index is 1.38. The van der Waals surface area contributed by atoms with Gasteiger partial charge in [0, 0.05) is 25.5 Å². The number of phenols is 1. The summed E-state index contributed by atoms with van der Waals surface area (Å²) >= 11 is 0. The molecule has 0 aliphatic heterocycles. The van der Waals surface area contributed by atoms with Gasteiger partial charge in [0.2, 0.25) is 0 Å². The molecule has 3 aromatic rings. The lowest BCUT2D eigenvalue weighted by Gasteiger charge is -2.47. The largest absolute Gasteiger partial charge is 0.507 e. The summed E-state index contributed by atoms with van der Waals surface area (Å²) in [7, 11) is 14.1. The number of benzene rings is 1. The minimum absolute atomic E-state index is 0.0177. The number of fused-ring (bicyclic) bond motifs is 2. The molecular weight excluding hydrogens is 412 g/mol. The van der Waals surface area contributed by atoms with Crippen LogP contribution in [0.1, 0.15) is 19.3 Å². The molecule has 32 heavy (non-hydrogen) atoms. The summed E-state index contributed by atoms with van der Waals surface area (Å²) in [4.78, 5) is 9.84. The summed E-state index contributed by atoms with van der Waals surface area (Å²) in [5, 5.41) is 16.3. The maximum Gasteiger partial charge on any atom is 0.185 e. The fraction of sp³-hybridized carbons (Fsp3) is 0.429. The Morgan fingerprint density at radius 1 is 1.19 bits per heavy atom. The van der Waals surface area contributed by atoms with Gasteiger partial charge in [-0.3, -0.25) is 0 Å². The molecule has 1 N–H and O–H groups in total. The van der Waals surface area contributed by atoms with Gasteiger partial charge in [0.1, 0.15) is 11.9 Å². The molecule has 2 aliphatic carbocycles. The van der Waals surface area contributed by atoms with E-state index in [1.54, 1.807) is 53.4 Å². The van der Waals surface area contributed by atoms with Crippen molar-refractivity contribution in [3.63, 3.8) is 0 Å². The molecule has 11 heteroatoms. The number of nitrogens with zero attached hydrogens (tertiary/aromatic N) is 6. The first kappa shape index (κ1) is 20.9. The second kappa shape index (κ2) is 7.28. The van der Waals surface area contributed by atoms with E-state index in [9.17, 15) is 9.50 Å². The van der Waals surface area contributed by atoms with Crippen molar-refractivity contribution in [1.29, 1.82) is 0 Å². The van der Waals surface area contributed by atoms with Gasteiger partial charge in [-0.25, -0.2) is 18.7 Å². The zero-order valence-electron chi connectivity index (χ0n) is 17.4. The third-order valence-corrected chi connectivity index (χ3v) is 6.75. The predicted molar refractivity (Wildman–Crippen MR) is 117 cm³/mol. The molecule has 2 bridgehead atoms. The van der Waals surface area contributed by atoms with Gasteiger partial charge in [-0.15, -0.1) is 10.2 Å². The second-order valence-corrected chi connectivity index (χ2v) is 8.91. The smallest absolute Gasteiger partial charge is 0.185 e. The van der Waals surface area contributed by atoms with Crippen LogP contribution in [-0.4, -0.2) is 71.0 Å². The SMILES string of the molecule is [B][C@]12C[C@@H](N(C)c3cnc(-c4ccc(-n5ccnc5)cc4O)nn3)[C@H](F)[C@]([B])(CC1F)C2. The molecule has 5 atom stereocenters. The molecule has 0 amide bonds. The highest BCUT2D eigenvalue weighted by molar-refractivity contribution is 6.21. The Morgan fingerprint density at radius 3 is 2.66 bits per heavy atom. The summed E-state index contributed by atoms with van der Waals surface area (Å²) in [6.07, 6.45) is 3.79. The normalized spacial score (nSPS) is 31.5. The van der Waals surface area contributed by atoms with Crippen LogP contribution in [-0.2, 0) is 0 Å². The van der Waals surface area contributed by atoms with E-state index in [0.717, 1.165) is 5.69 Å². The average molecular weight is 432 g/mol. The number of hydrogen-bond donors (Lipinski definition) is 1. The van der Waals surface area contributed by atoms with E-state index in [2.05, 4.69) is 20.2 Å². The lowest BCUT2D eigenvalue weighted by Crippen LogP contribution is -2.50. The molecule has 160 valence electrons. The van der Waals surface area contributed by atoms with Crippen molar-refractivity contribution in [3.8, 4) is 22.8 Å². The maximum atomic E-state index is 15.3. The Bertz CT molecular complexity index is 1130. The number of aromatic hydroxyl groups is 1. The summed E-state index contributed by atoms with van der Waals surface area (Å²) < 4.78 is 31.5. The van der Waals surface area contributed by atoms with Crippen LogP contribution in [0.2, 0.25) is 10.6 Å². The first-order valence-corrected chi connectivity index (χ1v) is 10.3. The van der Waals surface area contributed by atoms with E-state index in [1.807, 2.05) is 0 Å². The monoisotopic (exact) mass is 432 g/mol. The van der Waals surface area contributed by atoms with E-state index in [4.69, 9.17) is 15.7 Å². The summed E-state index contributed by atoms with van der Waals surface area (Å²) in [6.45, 7) is 0. The molecule has 2 aromatic heterocycles. The molecule has 1 unspecified atom stereocenters. The molecule has 4 radical (unpaired) electrons. The fourth-order valence-corrected chi connectivity index (χ4v) is 4.96. The third-order valence-electron chi connectivity index (χ3n) is 6.75. The number of hydrogen-bond acceptors (Lipinski definition) is 6. The molecular formula is C21H20B2F2N6O. The Labute approximate surface area is 186 Å². The Morgan fingerprint density at radius 2 is 2.00 bits per heavy atom. The van der Waals surface area contributed by atoms with Crippen LogP contribution in [0.5, 0.6) is 5.75 Å². The first-order valence-electron chi connectivity index (χ1n) is 10.3. The number of imidazole rings is 1. The number of rotatable bonds is 4. The van der Waals surface area contributed by atoms with Gasteiger partial charge in [0.15, 0.2) is 11.6 Å². The molecule has 7 nitrogen and oxygen atoms in total. The molecule has 2 heterocycles. The zero-order chi connectivity index (χ0) is 22.7. The maximum absolute atomic E-state index is 15.3. The number of halogens is 2. The van der Waals surface area contributed by atoms with Crippen molar-refractivity contribution in [1.82, 2.24) is 24.7 Å². The number of phenolic OH excluding ortho intramolecular Hbond substituents is 1. The van der Waals surface area contributed by atoms with E-state index >= 15 is 4.39 Å². The standard InChI is InChI=1S/C21H20B2F2N6O/c1-30(14-7-20(22)10-21(23,18(14)25)8-16(20)24)17-9-27-19(29-28-17)13-3-2-12(6-15(13)32)31-5-4-26-11-31/h2-6,9,11,14,16,18,32H,7-8,10H2,1H3/t14-,16?,18+,20+,21+/m1/s1. The summed E-state index contributed by atoms with van der Waals surface area (Å²) in [5.41, 5.74) is 1.13. The van der Waals surface area contributed by atoms with Crippen molar-refractivity contribution < 1.29 is 13.9 Å². The quantitative estimate of drug-likeness (QED) is 0.640. The second-order valence-electron chi connectivity index (χ2n) is 8.91. The number of alkyl halides is 2. The first-order chi connectivity index (χ1) is 15.2. The van der Waals surface area contributed by atoms with Crippen molar-refractivity contribution >= 4 is 21.5 Å². The lowest BCUT2D eigenvalue weighted by molar-refractivity contribution is 0.157. The van der Waals surface area contributed by atoms with Gasteiger partial charge in [-0.1, -0.05) is 6.42 Å².